The quantitative estimate of drug-likeness (QED) is 0.560. The molecule has 0 fully saturated rings. The summed E-state index contributed by atoms with van der Waals surface area (Å²) >= 11 is 0. The minimum atomic E-state index is -3.65. The van der Waals surface area contributed by atoms with Crippen LogP contribution in [-0.2, 0) is 9.47 Å². The Hall–Kier alpha value is -0.290. The lowest BCUT2D eigenvalue weighted by Gasteiger charge is -2.11. The highest BCUT2D eigenvalue weighted by Gasteiger charge is 2.29. The molecule has 0 saturated carbocycles. The van der Waals surface area contributed by atoms with Crippen LogP contribution in [0.25, 0.3) is 0 Å². The third kappa shape index (κ3) is 4.58. The molecule has 0 heterocycles. The minimum absolute atomic E-state index is 0.0373. The molecule has 0 aliphatic carbocycles. The van der Waals surface area contributed by atoms with Gasteiger partial charge in [0.05, 0.1) is 13.2 Å². The van der Waals surface area contributed by atoms with Crippen molar-refractivity contribution in [2.45, 2.75) is 6.11 Å². The number of halogens is 3. The second-order valence-corrected chi connectivity index (χ2v) is 1.61. The second kappa shape index (κ2) is 4.51. The van der Waals surface area contributed by atoms with Gasteiger partial charge in [-0.25, -0.2) is 4.39 Å². The fourth-order valence-corrected chi connectivity index (χ4v) is 0.313. The molecular weight excluding hydrogens is 149 g/mol. The topological polar surface area (TPSA) is 18.5 Å². The van der Waals surface area contributed by atoms with Crippen molar-refractivity contribution in [3.05, 3.63) is 0 Å². The summed E-state index contributed by atoms with van der Waals surface area (Å²) in [7, 11) is 1.34. The van der Waals surface area contributed by atoms with Crippen LogP contribution in [-0.4, -0.2) is 33.1 Å². The molecule has 2 nitrogen and oxygen atoms in total. The van der Waals surface area contributed by atoms with Crippen LogP contribution in [0.2, 0.25) is 0 Å². The summed E-state index contributed by atoms with van der Waals surface area (Å²) in [5, 5.41) is 0. The van der Waals surface area contributed by atoms with Gasteiger partial charge in [-0.2, -0.15) is 8.78 Å². The van der Waals surface area contributed by atoms with Gasteiger partial charge in [-0.1, -0.05) is 0 Å². The van der Waals surface area contributed by atoms with E-state index in [-0.39, 0.29) is 13.2 Å². The number of ether oxygens (including phenoxy) is 2. The van der Waals surface area contributed by atoms with E-state index in [1.54, 1.807) is 0 Å². The van der Waals surface area contributed by atoms with Gasteiger partial charge in [0.2, 0.25) is 0 Å². The van der Waals surface area contributed by atoms with Crippen molar-refractivity contribution >= 4 is 0 Å². The Morgan fingerprint density at radius 2 is 1.90 bits per heavy atom. The molecule has 5 heteroatoms. The van der Waals surface area contributed by atoms with Gasteiger partial charge in [-0.15, -0.1) is 0 Å². The number of alkyl halides is 3. The molecule has 62 valence electrons. The summed E-state index contributed by atoms with van der Waals surface area (Å²) in [5.74, 6) is 0. The molecule has 0 radical (unpaired) electrons. The van der Waals surface area contributed by atoms with Crippen LogP contribution < -0.4 is 0 Å². The normalized spacial score (nSPS) is 12.0. The minimum Gasteiger partial charge on any atom is -0.382 e. The molecule has 0 aromatic carbocycles. The maximum absolute atomic E-state index is 11.8. The third-order valence-corrected chi connectivity index (χ3v) is 0.756. The molecule has 0 aromatic heterocycles. The van der Waals surface area contributed by atoms with Crippen molar-refractivity contribution in [1.29, 1.82) is 0 Å². The zero-order chi connectivity index (χ0) is 8.04. The van der Waals surface area contributed by atoms with E-state index in [4.69, 9.17) is 0 Å². The van der Waals surface area contributed by atoms with Gasteiger partial charge in [0.1, 0.15) is 0 Å². The van der Waals surface area contributed by atoms with E-state index in [0.717, 1.165) is 0 Å². The van der Waals surface area contributed by atoms with Gasteiger partial charge in [-0.3, -0.25) is 0 Å². The Kier molecular flexibility index (Phi) is 4.38. The highest BCUT2D eigenvalue weighted by Crippen LogP contribution is 2.14. The van der Waals surface area contributed by atoms with Crippen LogP contribution >= 0.6 is 0 Å². The van der Waals surface area contributed by atoms with Crippen molar-refractivity contribution in [1.82, 2.24) is 0 Å². The Bertz CT molecular complexity index is 87.0. The maximum atomic E-state index is 11.8. The van der Waals surface area contributed by atoms with Crippen molar-refractivity contribution in [2.24, 2.45) is 0 Å². The molecular formula is C5H9F3O2. The van der Waals surface area contributed by atoms with E-state index >= 15 is 0 Å². The maximum Gasteiger partial charge on any atom is 0.384 e. The summed E-state index contributed by atoms with van der Waals surface area (Å²) in [6, 6.07) is 0. The fourth-order valence-electron chi connectivity index (χ4n) is 0.313. The summed E-state index contributed by atoms with van der Waals surface area (Å²) in [4.78, 5) is 0. The first-order chi connectivity index (χ1) is 4.62. The first-order valence-electron chi connectivity index (χ1n) is 2.69. The Balaban J connectivity index is 3.28. The lowest BCUT2D eigenvalue weighted by molar-refractivity contribution is -0.249. The van der Waals surface area contributed by atoms with Crippen molar-refractivity contribution in [3.8, 4) is 0 Å². The molecule has 0 N–H and O–H groups in total. The second-order valence-electron chi connectivity index (χ2n) is 1.61. The molecule has 0 aromatic rings. The lowest BCUT2D eigenvalue weighted by atomic mass is 10.7. The van der Waals surface area contributed by atoms with Crippen molar-refractivity contribution in [2.75, 3.05) is 27.0 Å². The standard InChI is InChI=1S/C5H9F3O2/c1-9-2-3-10-5(7,8)4-6/h2-4H2,1H3. The molecule has 0 rings (SSSR count). The van der Waals surface area contributed by atoms with Gasteiger partial charge in [0.15, 0.2) is 6.67 Å². The number of rotatable bonds is 5. The zero-order valence-corrected chi connectivity index (χ0v) is 5.57. The Morgan fingerprint density at radius 3 is 2.30 bits per heavy atom. The first-order valence-corrected chi connectivity index (χ1v) is 2.69. The Morgan fingerprint density at radius 1 is 1.30 bits per heavy atom. The van der Waals surface area contributed by atoms with Crippen LogP contribution in [0.15, 0.2) is 0 Å². The molecule has 10 heavy (non-hydrogen) atoms. The highest BCUT2D eigenvalue weighted by atomic mass is 19.3. The summed E-state index contributed by atoms with van der Waals surface area (Å²) in [5.41, 5.74) is 0. The average molecular weight is 158 g/mol. The van der Waals surface area contributed by atoms with Gasteiger partial charge in [0, 0.05) is 7.11 Å². The van der Waals surface area contributed by atoms with Crippen molar-refractivity contribution in [3.63, 3.8) is 0 Å². The molecule has 0 unspecified atom stereocenters. The smallest absolute Gasteiger partial charge is 0.382 e. The monoisotopic (exact) mass is 158 g/mol. The molecule has 0 bridgehead atoms. The van der Waals surface area contributed by atoms with Gasteiger partial charge >= 0.3 is 6.11 Å². The SMILES string of the molecule is COCCOC(F)(F)CF. The molecule has 0 saturated heterocycles. The van der Waals surface area contributed by atoms with E-state index in [1.807, 2.05) is 0 Å². The molecule has 0 spiro atoms. The van der Waals surface area contributed by atoms with Crippen LogP contribution in [0.5, 0.6) is 0 Å². The lowest BCUT2D eigenvalue weighted by Crippen LogP contribution is -2.25. The summed E-state index contributed by atoms with van der Waals surface area (Å²) < 4.78 is 43.1. The van der Waals surface area contributed by atoms with Crippen LogP contribution in [0.1, 0.15) is 0 Å². The van der Waals surface area contributed by atoms with Gasteiger partial charge < -0.3 is 9.47 Å². The van der Waals surface area contributed by atoms with E-state index in [9.17, 15) is 13.2 Å². The van der Waals surface area contributed by atoms with Crippen LogP contribution in [0, 0.1) is 0 Å². The van der Waals surface area contributed by atoms with Crippen molar-refractivity contribution < 1.29 is 22.6 Å². The van der Waals surface area contributed by atoms with Crippen LogP contribution in [0.4, 0.5) is 13.2 Å². The van der Waals surface area contributed by atoms with E-state index < -0.39 is 12.8 Å². The summed E-state index contributed by atoms with van der Waals surface area (Å²) in [6.07, 6.45) is -3.65. The predicted octanol–water partition coefficient (Wildman–Crippen LogP) is 1.21. The molecule has 0 amide bonds. The van der Waals surface area contributed by atoms with E-state index in [0.29, 0.717) is 0 Å². The molecule has 0 aliphatic rings. The highest BCUT2D eigenvalue weighted by molar-refractivity contribution is 4.47. The average Bonchev–Trinajstić information content (AvgIpc) is 1.89. The molecule has 0 atom stereocenters. The Labute approximate surface area is 56.9 Å². The number of hydrogen-bond acceptors (Lipinski definition) is 2. The van der Waals surface area contributed by atoms with Gasteiger partial charge in [-0.05, 0) is 0 Å². The zero-order valence-electron chi connectivity index (χ0n) is 5.57. The molecule has 0 aliphatic heterocycles. The number of hydrogen-bond donors (Lipinski definition) is 0. The van der Waals surface area contributed by atoms with Crippen LogP contribution in [0.3, 0.4) is 0 Å². The first kappa shape index (κ1) is 9.71. The summed E-state index contributed by atoms with van der Waals surface area (Å²) in [6.45, 7) is -2.06. The van der Waals surface area contributed by atoms with E-state index in [2.05, 4.69) is 9.47 Å². The third-order valence-electron chi connectivity index (χ3n) is 0.756. The number of methoxy groups -OCH3 is 1. The van der Waals surface area contributed by atoms with Gasteiger partial charge in [0.25, 0.3) is 0 Å². The fraction of sp³-hybridized carbons (Fsp3) is 1.00. The predicted molar refractivity (Wildman–Crippen MR) is 28.7 cm³/mol. The van der Waals surface area contributed by atoms with E-state index in [1.165, 1.54) is 7.11 Å². The largest absolute Gasteiger partial charge is 0.384 e.